The van der Waals surface area contributed by atoms with Gasteiger partial charge in [0.1, 0.15) is 5.58 Å². The lowest BCUT2D eigenvalue weighted by Crippen LogP contribution is -2.28. The van der Waals surface area contributed by atoms with Gasteiger partial charge in [-0.05, 0) is 73.8 Å². The van der Waals surface area contributed by atoms with Crippen LogP contribution in [0.1, 0.15) is 40.9 Å². The zero-order valence-corrected chi connectivity index (χ0v) is 18.1. The maximum absolute atomic E-state index is 12.2. The van der Waals surface area contributed by atoms with Crippen LogP contribution < -0.4 is 16.4 Å². The average Bonchev–Trinajstić information content (AvgIpc) is 3.42. The molecule has 33 heavy (non-hydrogen) atoms. The second kappa shape index (κ2) is 10.0. The lowest BCUT2D eigenvalue weighted by molar-refractivity contribution is -0.115. The number of hydrogen-bond donors (Lipinski definition) is 4. The molecule has 0 spiro atoms. The Hall–Kier alpha value is -4.09. The van der Waals surface area contributed by atoms with Crippen LogP contribution in [0.15, 0.2) is 53.1 Å². The summed E-state index contributed by atoms with van der Waals surface area (Å²) in [5, 5.41) is 16.9. The highest BCUT2D eigenvalue weighted by molar-refractivity contribution is 5.98. The molecule has 0 aliphatic carbocycles. The fraction of sp³-hybridized carbons (Fsp3) is 0.240. The number of nitriles is 1. The number of aromatic amines is 1. The Morgan fingerprint density at radius 2 is 1.97 bits per heavy atom. The van der Waals surface area contributed by atoms with Crippen LogP contribution in [0.2, 0.25) is 0 Å². The highest BCUT2D eigenvalue weighted by Gasteiger charge is 2.10. The SMILES string of the molecule is N#Cc1ccc2[nH]cc(CCCCCNCC(=O)Nc3ccc4oc(C(N)=O)cc4c3)c2c1. The number of anilines is 1. The molecule has 0 atom stereocenters. The van der Waals surface area contributed by atoms with E-state index in [-0.39, 0.29) is 18.2 Å². The molecule has 5 N–H and O–H groups in total. The first-order chi connectivity index (χ1) is 16.0. The Morgan fingerprint density at radius 3 is 2.79 bits per heavy atom. The molecule has 0 radical (unpaired) electrons. The summed E-state index contributed by atoms with van der Waals surface area (Å²) in [7, 11) is 0. The number of nitrogens with zero attached hydrogens (tertiary/aromatic N) is 1. The molecule has 2 amide bonds. The van der Waals surface area contributed by atoms with Gasteiger partial charge in [-0.3, -0.25) is 9.59 Å². The van der Waals surface area contributed by atoms with Crippen molar-refractivity contribution in [3.8, 4) is 6.07 Å². The van der Waals surface area contributed by atoms with Gasteiger partial charge < -0.3 is 25.8 Å². The third-order valence-electron chi connectivity index (χ3n) is 5.52. The summed E-state index contributed by atoms with van der Waals surface area (Å²) in [5.41, 5.74) is 9.35. The average molecular weight is 444 g/mol. The number of rotatable bonds is 10. The van der Waals surface area contributed by atoms with Crippen LogP contribution in [0.3, 0.4) is 0 Å². The minimum absolute atomic E-state index is 0.0896. The summed E-state index contributed by atoms with van der Waals surface area (Å²) in [6.07, 6.45) is 6.01. The summed E-state index contributed by atoms with van der Waals surface area (Å²) in [6.45, 7) is 0.970. The number of furan rings is 1. The van der Waals surface area contributed by atoms with Crippen molar-refractivity contribution in [3.63, 3.8) is 0 Å². The number of primary amides is 1. The van der Waals surface area contributed by atoms with Crippen LogP contribution in [0.5, 0.6) is 0 Å². The number of aryl methyl sites for hydroxylation is 1. The molecule has 0 aliphatic rings. The Balaban J connectivity index is 1.16. The fourth-order valence-electron chi connectivity index (χ4n) is 3.85. The van der Waals surface area contributed by atoms with Gasteiger partial charge >= 0.3 is 0 Å². The smallest absolute Gasteiger partial charge is 0.284 e. The van der Waals surface area contributed by atoms with Gasteiger partial charge in [0.05, 0.1) is 18.2 Å². The van der Waals surface area contributed by atoms with Gasteiger partial charge in [0, 0.05) is 28.2 Å². The van der Waals surface area contributed by atoms with Crippen LogP contribution in [0.4, 0.5) is 5.69 Å². The minimum Gasteiger partial charge on any atom is -0.451 e. The van der Waals surface area contributed by atoms with Crippen LogP contribution in [-0.4, -0.2) is 29.9 Å². The molecule has 168 valence electrons. The molecule has 0 saturated heterocycles. The first-order valence-electron chi connectivity index (χ1n) is 10.9. The number of amides is 2. The van der Waals surface area contributed by atoms with Crippen LogP contribution in [0.25, 0.3) is 21.9 Å². The Labute approximate surface area is 190 Å². The Kier molecular flexibility index (Phi) is 6.72. The van der Waals surface area contributed by atoms with Gasteiger partial charge in [-0.1, -0.05) is 6.42 Å². The number of H-pyrrole nitrogens is 1. The summed E-state index contributed by atoms with van der Waals surface area (Å²) < 4.78 is 5.34. The normalized spacial score (nSPS) is 11.0. The van der Waals surface area contributed by atoms with Crippen molar-refractivity contribution in [2.75, 3.05) is 18.4 Å². The van der Waals surface area contributed by atoms with E-state index in [1.165, 1.54) is 5.56 Å². The van der Waals surface area contributed by atoms with Gasteiger partial charge in [0.25, 0.3) is 5.91 Å². The van der Waals surface area contributed by atoms with E-state index in [2.05, 4.69) is 21.7 Å². The van der Waals surface area contributed by atoms with E-state index in [1.807, 2.05) is 24.4 Å². The van der Waals surface area contributed by atoms with Crippen LogP contribution in [-0.2, 0) is 11.2 Å². The van der Waals surface area contributed by atoms with Crippen LogP contribution in [0, 0.1) is 11.3 Å². The van der Waals surface area contributed by atoms with Gasteiger partial charge in [-0.15, -0.1) is 0 Å². The maximum atomic E-state index is 12.2. The Bertz CT molecular complexity index is 1350. The maximum Gasteiger partial charge on any atom is 0.284 e. The zero-order valence-electron chi connectivity index (χ0n) is 18.1. The number of benzene rings is 2. The lowest BCUT2D eigenvalue weighted by Gasteiger charge is -2.07. The number of carbonyl (C=O) groups excluding carboxylic acids is 2. The monoisotopic (exact) mass is 443 g/mol. The number of fused-ring (bicyclic) bond motifs is 2. The molecule has 2 aromatic carbocycles. The predicted octanol–water partition coefficient (Wildman–Crippen LogP) is 3.83. The van der Waals surface area contributed by atoms with E-state index in [9.17, 15) is 9.59 Å². The number of hydrogen-bond acceptors (Lipinski definition) is 5. The molecule has 2 heterocycles. The topological polar surface area (TPSA) is 137 Å². The second-order valence-electron chi connectivity index (χ2n) is 7.95. The largest absolute Gasteiger partial charge is 0.451 e. The second-order valence-corrected chi connectivity index (χ2v) is 7.95. The molecule has 0 aliphatic heterocycles. The van der Waals surface area contributed by atoms with Crippen molar-refractivity contribution in [3.05, 3.63) is 65.5 Å². The van der Waals surface area contributed by atoms with E-state index < -0.39 is 5.91 Å². The summed E-state index contributed by atoms with van der Waals surface area (Å²) in [6, 6.07) is 14.6. The third kappa shape index (κ3) is 5.40. The van der Waals surface area contributed by atoms with Crippen molar-refractivity contribution < 1.29 is 14.0 Å². The van der Waals surface area contributed by atoms with E-state index >= 15 is 0 Å². The van der Waals surface area contributed by atoms with E-state index in [0.717, 1.165) is 43.1 Å². The predicted molar refractivity (Wildman–Crippen MR) is 127 cm³/mol. The van der Waals surface area contributed by atoms with Crippen molar-refractivity contribution in [1.82, 2.24) is 10.3 Å². The minimum atomic E-state index is -0.629. The molecule has 2 aromatic heterocycles. The molecule has 4 rings (SSSR count). The number of aromatic nitrogens is 1. The molecular weight excluding hydrogens is 418 g/mol. The van der Waals surface area contributed by atoms with Gasteiger partial charge in [0.2, 0.25) is 5.91 Å². The quantitative estimate of drug-likeness (QED) is 0.276. The van der Waals surface area contributed by atoms with Crippen LogP contribution >= 0.6 is 0 Å². The molecule has 0 bridgehead atoms. The molecule has 4 aromatic rings. The summed E-state index contributed by atoms with van der Waals surface area (Å²) in [4.78, 5) is 26.7. The van der Waals surface area contributed by atoms with Gasteiger partial charge in [-0.2, -0.15) is 5.26 Å². The third-order valence-corrected chi connectivity index (χ3v) is 5.52. The number of carbonyl (C=O) groups is 2. The molecule has 0 saturated carbocycles. The molecule has 8 nitrogen and oxygen atoms in total. The van der Waals surface area contributed by atoms with E-state index in [0.29, 0.717) is 22.2 Å². The standard InChI is InChI=1S/C25H25N5O3/c26-13-16-5-7-21-20(10-16)17(14-29-21)4-2-1-3-9-28-15-24(31)30-19-6-8-22-18(11-19)12-23(33-22)25(27)32/h5-8,10-12,14,28-29H,1-4,9,15H2,(H2,27,32)(H,30,31). The van der Waals surface area contributed by atoms with Gasteiger partial charge in [0.15, 0.2) is 5.76 Å². The van der Waals surface area contributed by atoms with E-state index in [4.69, 9.17) is 15.4 Å². The summed E-state index contributed by atoms with van der Waals surface area (Å²) in [5.74, 6) is -0.678. The van der Waals surface area contributed by atoms with Crippen molar-refractivity contribution in [2.45, 2.75) is 25.7 Å². The number of unbranched alkanes of at least 4 members (excludes halogenated alkanes) is 2. The Morgan fingerprint density at radius 1 is 1.09 bits per heavy atom. The van der Waals surface area contributed by atoms with E-state index in [1.54, 1.807) is 24.3 Å². The van der Waals surface area contributed by atoms with Crippen molar-refractivity contribution >= 4 is 39.4 Å². The number of nitrogens with two attached hydrogens (primary N) is 1. The molecule has 8 heteroatoms. The van der Waals surface area contributed by atoms with Gasteiger partial charge in [-0.25, -0.2) is 0 Å². The summed E-state index contributed by atoms with van der Waals surface area (Å²) >= 11 is 0. The fourth-order valence-corrected chi connectivity index (χ4v) is 3.85. The molecular formula is C25H25N5O3. The van der Waals surface area contributed by atoms with Crippen molar-refractivity contribution in [1.29, 1.82) is 5.26 Å². The first-order valence-corrected chi connectivity index (χ1v) is 10.9. The number of nitrogens with one attached hydrogen (secondary N) is 3. The molecule has 0 unspecified atom stereocenters. The highest BCUT2D eigenvalue weighted by Crippen LogP contribution is 2.23. The zero-order chi connectivity index (χ0) is 23.2. The first kappa shape index (κ1) is 22.1. The molecule has 0 fully saturated rings. The van der Waals surface area contributed by atoms with Crippen molar-refractivity contribution in [2.24, 2.45) is 5.73 Å². The highest BCUT2D eigenvalue weighted by atomic mass is 16.3. The lowest BCUT2D eigenvalue weighted by atomic mass is 10.0.